The van der Waals surface area contributed by atoms with Crippen LogP contribution in [0.5, 0.6) is 0 Å². The first kappa shape index (κ1) is 21.6. The minimum atomic E-state index is -0.0974. The standard InChI is InChI=1S/C14H26O4.Al.O.H/c1-3-17-13(15)11-9-7-5-6-8-10-12-14(16)18-4-2;;;/h3-12H2,1-2H3;;;. The van der Waals surface area contributed by atoms with Gasteiger partial charge in [0, 0.05) is 12.8 Å². The molecule has 0 amide bonds. The summed E-state index contributed by atoms with van der Waals surface area (Å²) in [6.45, 7) is 4.57. The van der Waals surface area contributed by atoms with Crippen molar-refractivity contribution < 1.29 is 22.9 Å². The van der Waals surface area contributed by atoms with Crippen LogP contribution in [0.15, 0.2) is 0 Å². The quantitative estimate of drug-likeness (QED) is 0.333. The Hall–Kier alpha value is -0.728. The molecule has 116 valence electrons. The second kappa shape index (κ2) is 18.3. The molecule has 0 heterocycles. The molecule has 0 radical (unpaired) electrons. The minimum absolute atomic E-state index is 0.0974. The molecule has 0 saturated heterocycles. The molecule has 0 aliphatic carbocycles. The first-order chi connectivity index (χ1) is 9.70. The number of ether oxygens (including phenoxy) is 2. The molecule has 0 saturated carbocycles. The van der Waals surface area contributed by atoms with Crippen molar-refractivity contribution in [3.05, 3.63) is 0 Å². The van der Waals surface area contributed by atoms with Gasteiger partial charge in [-0.3, -0.25) is 9.59 Å². The van der Waals surface area contributed by atoms with Crippen molar-refractivity contribution in [2.24, 2.45) is 0 Å². The van der Waals surface area contributed by atoms with Crippen LogP contribution in [0.4, 0.5) is 0 Å². The van der Waals surface area contributed by atoms with E-state index in [1.165, 1.54) is 0 Å². The van der Waals surface area contributed by atoms with Gasteiger partial charge in [0.1, 0.15) is 0 Å². The van der Waals surface area contributed by atoms with Crippen molar-refractivity contribution in [1.82, 2.24) is 0 Å². The van der Waals surface area contributed by atoms with E-state index in [4.69, 9.17) is 13.3 Å². The molecule has 0 aromatic carbocycles. The van der Waals surface area contributed by atoms with Crippen LogP contribution in [0.25, 0.3) is 0 Å². The molecule has 5 nitrogen and oxygen atoms in total. The molecule has 6 heteroatoms. The average Bonchev–Trinajstić information content (AvgIpc) is 2.44. The van der Waals surface area contributed by atoms with Crippen LogP contribution in [0, 0.1) is 0 Å². The second-order valence-corrected chi connectivity index (χ2v) is 4.23. The van der Waals surface area contributed by atoms with Gasteiger partial charge in [-0.25, -0.2) is 0 Å². The van der Waals surface area contributed by atoms with Gasteiger partial charge in [-0.05, 0) is 26.7 Å². The van der Waals surface area contributed by atoms with E-state index in [2.05, 4.69) is 0 Å². The molecule has 0 aliphatic rings. The number of rotatable bonds is 11. The predicted molar refractivity (Wildman–Crippen MR) is 78.0 cm³/mol. The Morgan fingerprint density at radius 1 is 0.700 bits per heavy atom. The third-order valence-electron chi connectivity index (χ3n) is 2.62. The van der Waals surface area contributed by atoms with Crippen molar-refractivity contribution in [2.45, 2.75) is 65.2 Å². The third kappa shape index (κ3) is 17.3. The van der Waals surface area contributed by atoms with Gasteiger partial charge in [0.2, 0.25) is 0 Å². The molecule has 0 atom stereocenters. The van der Waals surface area contributed by atoms with Crippen molar-refractivity contribution >= 4 is 28.2 Å². The average molecular weight is 302 g/mol. The van der Waals surface area contributed by atoms with Crippen LogP contribution < -0.4 is 0 Å². The van der Waals surface area contributed by atoms with Gasteiger partial charge in [-0.1, -0.05) is 25.7 Å². The van der Waals surface area contributed by atoms with E-state index in [-0.39, 0.29) is 11.9 Å². The molecule has 0 aromatic rings. The van der Waals surface area contributed by atoms with Crippen LogP contribution in [0.2, 0.25) is 0 Å². The number of unbranched alkanes of at least 4 members (excludes halogenated alkanes) is 5. The Morgan fingerprint density at radius 2 is 1.00 bits per heavy atom. The van der Waals surface area contributed by atoms with Gasteiger partial charge in [-0.15, -0.1) is 0 Å². The number of esters is 2. The normalized spacial score (nSPS) is 9.25. The monoisotopic (exact) mass is 302 g/mol. The van der Waals surface area contributed by atoms with Crippen LogP contribution in [0.1, 0.15) is 65.2 Å². The van der Waals surface area contributed by atoms with Gasteiger partial charge in [0.15, 0.2) is 0 Å². The number of carbonyl (C=O) groups is 2. The fourth-order valence-electron chi connectivity index (χ4n) is 1.71. The zero-order valence-electron chi connectivity index (χ0n) is 12.8. The van der Waals surface area contributed by atoms with E-state index in [0.717, 1.165) is 38.5 Å². The van der Waals surface area contributed by atoms with Crippen LogP contribution in [-0.2, 0) is 22.9 Å². The van der Waals surface area contributed by atoms with Crippen molar-refractivity contribution in [1.29, 1.82) is 0 Å². The van der Waals surface area contributed by atoms with Crippen molar-refractivity contribution in [2.75, 3.05) is 13.2 Å². The molecule has 0 unspecified atom stereocenters. The summed E-state index contributed by atoms with van der Waals surface area (Å²) in [5, 5.41) is 0. The summed E-state index contributed by atoms with van der Waals surface area (Å²) >= 11 is 0.611. The van der Waals surface area contributed by atoms with Gasteiger partial charge < -0.3 is 9.47 Å². The second-order valence-electron chi connectivity index (χ2n) is 4.23. The van der Waals surface area contributed by atoms with Gasteiger partial charge in [0.05, 0.1) is 13.2 Å². The fraction of sp³-hybridized carbons (Fsp3) is 0.857. The first-order valence-corrected chi connectivity index (χ1v) is 7.88. The molecular formula is C14H27AlO5. The fourth-order valence-corrected chi connectivity index (χ4v) is 1.71. The summed E-state index contributed by atoms with van der Waals surface area (Å²) in [4.78, 5) is 22.1. The zero-order chi connectivity index (χ0) is 15.6. The van der Waals surface area contributed by atoms with E-state index >= 15 is 0 Å². The molecule has 0 aliphatic heterocycles. The number of carbonyl (C=O) groups excluding carboxylic acids is 2. The predicted octanol–water partition coefficient (Wildman–Crippen LogP) is 2.47. The van der Waals surface area contributed by atoms with E-state index in [0.29, 0.717) is 42.3 Å². The topological polar surface area (TPSA) is 69.7 Å². The summed E-state index contributed by atoms with van der Waals surface area (Å²) in [5.41, 5.74) is 0. The van der Waals surface area contributed by atoms with Crippen LogP contribution >= 0.6 is 0 Å². The maximum atomic E-state index is 11.0. The Morgan fingerprint density at radius 3 is 1.30 bits per heavy atom. The molecule has 0 aromatic heterocycles. The molecule has 0 bridgehead atoms. The van der Waals surface area contributed by atoms with E-state index in [1.807, 2.05) is 13.8 Å². The Labute approximate surface area is 130 Å². The number of hydrogen-bond donors (Lipinski definition) is 0. The summed E-state index contributed by atoms with van der Waals surface area (Å²) in [5.74, 6) is -0.195. The summed E-state index contributed by atoms with van der Waals surface area (Å²) in [6.07, 6.45) is 7.18. The third-order valence-corrected chi connectivity index (χ3v) is 2.62. The molecular weight excluding hydrogens is 275 g/mol. The summed E-state index contributed by atoms with van der Waals surface area (Å²) < 4.78 is 18.0. The van der Waals surface area contributed by atoms with E-state index in [9.17, 15) is 9.59 Å². The SMILES string of the molecule is CCOC(=O)CCCCCCCCC(=O)OCC.[O]=[AlH]. The van der Waals surface area contributed by atoms with Crippen LogP contribution in [0.3, 0.4) is 0 Å². The molecule has 0 spiro atoms. The summed E-state index contributed by atoms with van der Waals surface area (Å²) in [6, 6.07) is 0. The van der Waals surface area contributed by atoms with E-state index < -0.39 is 0 Å². The first-order valence-electron chi connectivity index (χ1n) is 7.30. The Kier molecular flexibility index (Phi) is 19.7. The van der Waals surface area contributed by atoms with Gasteiger partial charge >= 0.3 is 32.0 Å². The Bertz CT molecular complexity index is 222. The molecule has 0 fully saturated rings. The molecule has 20 heavy (non-hydrogen) atoms. The van der Waals surface area contributed by atoms with Gasteiger partial charge in [-0.2, -0.15) is 0 Å². The maximum absolute atomic E-state index is 11.0. The molecule has 0 rings (SSSR count). The number of hydrogen-bond acceptors (Lipinski definition) is 5. The Balaban J connectivity index is 0. The summed E-state index contributed by atoms with van der Waals surface area (Å²) in [7, 11) is 0. The van der Waals surface area contributed by atoms with Crippen LogP contribution in [-0.4, -0.2) is 41.4 Å². The van der Waals surface area contributed by atoms with Crippen molar-refractivity contribution in [3.8, 4) is 0 Å². The van der Waals surface area contributed by atoms with E-state index in [1.54, 1.807) is 0 Å². The zero-order valence-corrected chi connectivity index (χ0v) is 14.2. The molecule has 0 N–H and O–H groups in total. The van der Waals surface area contributed by atoms with Crippen molar-refractivity contribution in [3.63, 3.8) is 0 Å². The van der Waals surface area contributed by atoms with Gasteiger partial charge in [0.25, 0.3) is 0 Å².